The van der Waals surface area contributed by atoms with Crippen LogP contribution in [0.2, 0.25) is 0 Å². The Hall–Kier alpha value is -2.74. The zero-order valence-corrected chi connectivity index (χ0v) is 17.3. The van der Waals surface area contributed by atoms with Gasteiger partial charge in [-0.05, 0) is 45.7 Å². The number of carbonyl (C=O) groups is 3. The summed E-state index contributed by atoms with van der Waals surface area (Å²) in [4.78, 5) is 41.8. The Morgan fingerprint density at radius 2 is 2.04 bits per heavy atom. The number of nitrogens with one attached hydrogen (secondary N) is 2. The lowest BCUT2D eigenvalue weighted by Crippen LogP contribution is -2.40. The topological polar surface area (TPSA) is 91.4 Å². The second-order valence-corrected chi connectivity index (χ2v) is 8.38. The Kier molecular flexibility index (Phi) is 5.51. The molecular weight excluding hydrogens is 376 g/mol. The highest BCUT2D eigenvalue weighted by atomic mass is 32.1. The fourth-order valence-electron chi connectivity index (χ4n) is 3.07. The highest BCUT2D eigenvalue weighted by Crippen LogP contribution is 2.28. The fourth-order valence-corrected chi connectivity index (χ4v) is 3.79. The summed E-state index contributed by atoms with van der Waals surface area (Å²) < 4.78 is 0. The predicted molar refractivity (Wildman–Crippen MR) is 109 cm³/mol. The molecule has 0 atom stereocenters. The molecule has 4 amide bonds. The number of rotatable bonds is 6. The first-order chi connectivity index (χ1) is 13.2. The summed E-state index contributed by atoms with van der Waals surface area (Å²) in [6, 6.07) is 5.78. The molecule has 3 rings (SSSR count). The first kappa shape index (κ1) is 20.0. The van der Waals surface area contributed by atoms with E-state index in [2.05, 4.69) is 33.8 Å². The molecule has 0 aliphatic carbocycles. The maximum absolute atomic E-state index is 12.2. The van der Waals surface area contributed by atoms with Crippen LogP contribution in [0.1, 0.15) is 37.8 Å². The Morgan fingerprint density at radius 3 is 2.71 bits per heavy atom. The molecule has 1 aliphatic heterocycles. The van der Waals surface area contributed by atoms with Gasteiger partial charge in [-0.15, -0.1) is 11.3 Å². The van der Waals surface area contributed by atoms with Gasteiger partial charge in [0.25, 0.3) is 5.91 Å². The van der Waals surface area contributed by atoms with Crippen LogP contribution in [-0.2, 0) is 9.59 Å². The van der Waals surface area contributed by atoms with Gasteiger partial charge >= 0.3 is 6.03 Å². The van der Waals surface area contributed by atoms with Crippen LogP contribution < -0.4 is 10.6 Å². The lowest BCUT2D eigenvalue weighted by atomic mass is 10.0. The summed E-state index contributed by atoms with van der Waals surface area (Å²) >= 11 is 1.37. The molecule has 0 saturated carbocycles. The van der Waals surface area contributed by atoms with Crippen molar-refractivity contribution in [1.82, 2.24) is 15.2 Å². The molecule has 148 valence electrons. The number of hydrogen-bond donors (Lipinski definition) is 2. The highest BCUT2D eigenvalue weighted by molar-refractivity contribution is 7.14. The van der Waals surface area contributed by atoms with Crippen molar-refractivity contribution in [3.8, 4) is 11.3 Å². The SMILES string of the molecule is Cc1ccc(C)c(-c2csc(NC(=O)CCCN3C(=O)NC(C)(C)C3=O)n2)c1. The van der Waals surface area contributed by atoms with Crippen LogP contribution in [0.4, 0.5) is 9.93 Å². The summed E-state index contributed by atoms with van der Waals surface area (Å²) in [6.45, 7) is 7.60. The zero-order chi connectivity index (χ0) is 20.5. The van der Waals surface area contributed by atoms with Gasteiger partial charge in [-0.1, -0.05) is 17.7 Å². The van der Waals surface area contributed by atoms with E-state index in [-0.39, 0.29) is 24.8 Å². The van der Waals surface area contributed by atoms with E-state index in [1.165, 1.54) is 11.3 Å². The van der Waals surface area contributed by atoms with Gasteiger partial charge < -0.3 is 10.6 Å². The van der Waals surface area contributed by atoms with Crippen LogP contribution in [0, 0.1) is 13.8 Å². The molecule has 8 heteroatoms. The van der Waals surface area contributed by atoms with Crippen molar-refractivity contribution in [3.63, 3.8) is 0 Å². The number of urea groups is 1. The van der Waals surface area contributed by atoms with E-state index >= 15 is 0 Å². The Balaban J connectivity index is 1.54. The number of nitrogens with zero attached hydrogens (tertiary/aromatic N) is 2. The second kappa shape index (κ2) is 7.71. The predicted octanol–water partition coefficient (Wildman–Crippen LogP) is 3.48. The second-order valence-electron chi connectivity index (χ2n) is 7.52. The molecule has 0 radical (unpaired) electrons. The minimum atomic E-state index is -0.884. The van der Waals surface area contributed by atoms with E-state index in [9.17, 15) is 14.4 Å². The van der Waals surface area contributed by atoms with Gasteiger partial charge in [0, 0.05) is 23.9 Å². The Bertz CT molecular complexity index is 935. The van der Waals surface area contributed by atoms with Gasteiger partial charge in [0.05, 0.1) is 5.69 Å². The van der Waals surface area contributed by atoms with Crippen molar-refractivity contribution in [2.24, 2.45) is 0 Å². The Labute approximate surface area is 168 Å². The molecule has 2 heterocycles. The monoisotopic (exact) mass is 400 g/mol. The molecule has 1 aliphatic rings. The lowest BCUT2D eigenvalue weighted by Gasteiger charge is -2.15. The highest BCUT2D eigenvalue weighted by Gasteiger charge is 2.43. The molecule has 1 aromatic heterocycles. The third-order valence-electron chi connectivity index (χ3n) is 4.65. The van der Waals surface area contributed by atoms with E-state index in [1.807, 2.05) is 19.2 Å². The molecule has 1 saturated heterocycles. The molecule has 0 bridgehead atoms. The number of thiazole rings is 1. The molecule has 1 aromatic carbocycles. The van der Waals surface area contributed by atoms with Crippen molar-refractivity contribution in [2.45, 2.75) is 46.1 Å². The van der Waals surface area contributed by atoms with E-state index in [0.29, 0.717) is 11.6 Å². The molecule has 2 aromatic rings. The minimum Gasteiger partial charge on any atom is -0.324 e. The zero-order valence-electron chi connectivity index (χ0n) is 16.5. The molecule has 0 spiro atoms. The van der Waals surface area contributed by atoms with E-state index in [0.717, 1.165) is 27.3 Å². The van der Waals surface area contributed by atoms with Crippen molar-refractivity contribution in [1.29, 1.82) is 0 Å². The van der Waals surface area contributed by atoms with Crippen LogP contribution in [-0.4, -0.2) is 39.8 Å². The Morgan fingerprint density at radius 1 is 1.29 bits per heavy atom. The average molecular weight is 401 g/mol. The lowest BCUT2D eigenvalue weighted by molar-refractivity contribution is -0.130. The van der Waals surface area contributed by atoms with Crippen LogP contribution >= 0.6 is 11.3 Å². The molecule has 2 N–H and O–H groups in total. The number of amides is 4. The molecule has 0 unspecified atom stereocenters. The number of carbonyl (C=O) groups excluding carboxylic acids is 3. The summed E-state index contributed by atoms with van der Waals surface area (Å²) in [5.41, 5.74) is 3.29. The van der Waals surface area contributed by atoms with Gasteiger partial charge in [0.2, 0.25) is 5.91 Å². The van der Waals surface area contributed by atoms with Crippen molar-refractivity contribution in [3.05, 3.63) is 34.7 Å². The minimum absolute atomic E-state index is 0.187. The number of anilines is 1. The summed E-state index contributed by atoms with van der Waals surface area (Å²) in [7, 11) is 0. The van der Waals surface area contributed by atoms with Crippen molar-refractivity contribution in [2.75, 3.05) is 11.9 Å². The van der Waals surface area contributed by atoms with Crippen LogP contribution in [0.3, 0.4) is 0 Å². The first-order valence-corrected chi connectivity index (χ1v) is 10.0. The average Bonchev–Trinajstić information content (AvgIpc) is 3.14. The van der Waals surface area contributed by atoms with Crippen LogP contribution in [0.5, 0.6) is 0 Å². The molecule has 28 heavy (non-hydrogen) atoms. The standard InChI is InChI=1S/C20H24N4O3S/c1-12-7-8-13(2)14(10-12)15-11-28-18(21-15)22-16(25)6-5-9-24-17(26)20(3,4)23-19(24)27/h7-8,10-11H,5-6,9H2,1-4H3,(H,23,27)(H,21,22,25). The summed E-state index contributed by atoms with van der Waals surface area (Å²) in [6.07, 6.45) is 0.603. The largest absolute Gasteiger partial charge is 0.325 e. The third kappa shape index (κ3) is 4.22. The van der Waals surface area contributed by atoms with Gasteiger partial charge in [-0.25, -0.2) is 9.78 Å². The first-order valence-electron chi connectivity index (χ1n) is 9.14. The maximum atomic E-state index is 12.2. The number of imide groups is 1. The smallest absolute Gasteiger partial charge is 0.324 e. The number of aryl methyl sites for hydroxylation is 2. The van der Waals surface area contributed by atoms with Gasteiger partial charge in [0.15, 0.2) is 5.13 Å². The normalized spacial score (nSPS) is 15.6. The fraction of sp³-hybridized carbons (Fsp3) is 0.400. The quantitative estimate of drug-likeness (QED) is 0.726. The maximum Gasteiger partial charge on any atom is 0.325 e. The van der Waals surface area contributed by atoms with E-state index < -0.39 is 11.6 Å². The number of hydrogen-bond acceptors (Lipinski definition) is 5. The van der Waals surface area contributed by atoms with Crippen LogP contribution in [0.15, 0.2) is 23.6 Å². The summed E-state index contributed by atoms with van der Waals surface area (Å²) in [5.74, 6) is -0.454. The van der Waals surface area contributed by atoms with Crippen LogP contribution in [0.25, 0.3) is 11.3 Å². The van der Waals surface area contributed by atoms with Gasteiger partial charge in [0.1, 0.15) is 5.54 Å². The van der Waals surface area contributed by atoms with Crippen molar-refractivity contribution >= 4 is 34.3 Å². The molecular formula is C20H24N4O3S. The van der Waals surface area contributed by atoms with E-state index in [1.54, 1.807) is 13.8 Å². The third-order valence-corrected chi connectivity index (χ3v) is 5.41. The number of aromatic nitrogens is 1. The number of benzene rings is 1. The summed E-state index contributed by atoms with van der Waals surface area (Å²) in [5, 5.41) is 7.88. The van der Waals surface area contributed by atoms with Crippen molar-refractivity contribution < 1.29 is 14.4 Å². The van der Waals surface area contributed by atoms with E-state index in [4.69, 9.17) is 0 Å². The van der Waals surface area contributed by atoms with Gasteiger partial charge in [-0.3, -0.25) is 14.5 Å². The molecule has 7 nitrogen and oxygen atoms in total. The van der Waals surface area contributed by atoms with Gasteiger partial charge in [-0.2, -0.15) is 0 Å². The molecule has 1 fully saturated rings.